The normalized spacial score (nSPS) is 13.8. The largest absolute Gasteiger partial charge is 0.339 e. The smallest absolute Gasteiger partial charge is 0.242 e. The topological polar surface area (TPSA) is 70.4 Å². The lowest BCUT2D eigenvalue weighted by atomic mass is 10.1. The second-order valence-corrected chi connectivity index (χ2v) is 10.4. The lowest BCUT2D eigenvalue weighted by Gasteiger charge is -2.33. The highest BCUT2D eigenvalue weighted by Crippen LogP contribution is 2.33. The van der Waals surface area contributed by atoms with Crippen molar-refractivity contribution in [2.45, 2.75) is 0 Å². The van der Waals surface area contributed by atoms with Crippen LogP contribution in [0.5, 0.6) is 0 Å². The molecule has 8 nitrogen and oxygen atoms in total. The number of piperazine rings is 1. The highest BCUT2D eigenvalue weighted by molar-refractivity contribution is 5.81. The average Bonchev–Trinajstić information content (AvgIpc) is 3.48. The number of benzene rings is 3. The minimum Gasteiger partial charge on any atom is -0.339 e. The van der Waals surface area contributed by atoms with Crippen LogP contribution in [0.15, 0.2) is 103 Å². The van der Waals surface area contributed by atoms with Crippen molar-refractivity contribution in [2.75, 3.05) is 51.7 Å². The third kappa shape index (κ3) is 5.73. The number of hydrogen-bond acceptors (Lipinski definition) is 6. The van der Waals surface area contributed by atoms with Crippen LogP contribution in [0.3, 0.4) is 0 Å². The van der Waals surface area contributed by atoms with E-state index in [4.69, 9.17) is 15.1 Å². The first-order chi connectivity index (χ1) is 20.1. The van der Waals surface area contributed by atoms with Gasteiger partial charge in [-0.05, 0) is 13.1 Å². The van der Waals surface area contributed by atoms with E-state index in [2.05, 4.69) is 42.3 Å². The zero-order valence-electron chi connectivity index (χ0n) is 23.4. The Hall–Kier alpha value is -4.82. The van der Waals surface area contributed by atoms with E-state index in [-0.39, 0.29) is 12.5 Å². The third-order valence-corrected chi connectivity index (χ3v) is 7.45. The van der Waals surface area contributed by atoms with Gasteiger partial charge in [-0.25, -0.2) is 14.6 Å². The Bertz CT molecular complexity index is 1610. The minimum atomic E-state index is 0.0838. The monoisotopic (exact) mass is 543 g/mol. The molecule has 2 aromatic heterocycles. The van der Waals surface area contributed by atoms with Gasteiger partial charge in [-0.2, -0.15) is 5.10 Å². The van der Waals surface area contributed by atoms with Gasteiger partial charge >= 0.3 is 0 Å². The number of nitrogens with zero attached hydrogens (tertiary/aromatic N) is 7. The molecule has 6 rings (SSSR count). The first kappa shape index (κ1) is 26.4. The van der Waals surface area contributed by atoms with Crippen LogP contribution in [-0.2, 0) is 4.79 Å². The number of carbonyl (C=O) groups excluding carboxylic acids is 1. The Kier molecular flexibility index (Phi) is 7.56. The summed E-state index contributed by atoms with van der Waals surface area (Å²) in [5.41, 5.74) is 6.33. The zero-order chi connectivity index (χ0) is 28.2. The molecule has 1 fully saturated rings. The van der Waals surface area contributed by atoms with Crippen LogP contribution in [0.4, 0.5) is 5.95 Å². The van der Waals surface area contributed by atoms with Crippen LogP contribution in [0.1, 0.15) is 0 Å². The summed E-state index contributed by atoms with van der Waals surface area (Å²) in [6, 6.07) is 32.5. The van der Waals surface area contributed by atoms with Crippen LogP contribution in [-0.4, -0.2) is 82.3 Å². The maximum Gasteiger partial charge on any atom is 0.242 e. The van der Waals surface area contributed by atoms with Crippen LogP contribution in [0, 0.1) is 0 Å². The van der Waals surface area contributed by atoms with Crippen molar-refractivity contribution in [2.24, 2.45) is 0 Å². The summed E-state index contributed by atoms with van der Waals surface area (Å²) in [4.78, 5) is 28.8. The summed E-state index contributed by atoms with van der Waals surface area (Å²) >= 11 is 0. The van der Waals surface area contributed by atoms with Gasteiger partial charge in [0.25, 0.3) is 0 Å². The molecule has 0 spiro atoms. The molecule has 3 aromatic carbocycles. The summed E-state index contributed by atoms with van der Waals surface area (Å²) in [5.74, 6) is 0.576. The van der Waals surface area contributed by atoms with Gasteiger partial charge in [0.15, 0.2) is 0 Å². The molecule has 1 amide bonds. The van der Waals surface area contributed by atoms with E-state index in [1.54, 1.807) is 0 Å². The van der Waals surface area contributed by atoms with E-state index in [0.29, 0.717) is 5.95 Å². The SMILES string of the molecule is CN1CCN(C(=O)CN(C)c2ncc(-n3nc(-c4ccccc4)cc3-c3ccccc3)c(-c3ccccc3)n2)CC1. The molecule has 3 heterocycles. The Balaban J connectivity index is 1.41. The molecule has 1 aliphatic heterocycles. The maximum absolute atomic E-state index is 13.1. The summed E-state index contributed by atoms with van der Waals surface area (Å²) < 4.78 is 1.93. The number of rotatable bonds is 7. The lowest BCUT2D eigenvalue weighted by molar-refractivity contribution is -0.131. The second-order valence-electron chi connectivity index (χ2n) is 10.4. The fourth-order valence-electron chi connectivity index (χ4n) is 5.07. The molecular formula is C33H33N7O. The van der Waals surface area contributed by atoms with E-state index in [0.717, 1.165) is 65.6 Å². The van der Waals surface area contributed by atoms with Gasteiger partial charge < -0.3 is 14.7 Å². The van der Waals surface area contributed by atoms with Gasteiger partial charge in [0.1, 0.15) is 11.4 Å². The lowest BCUT2D eigenvalue weighted by Crippen LogP contribution is -2.49. The molecule has 0 unspecified atom stereocenters. The molecule has 1 saturated heterocycles. The minimum absolute atomic E-state index is 0.0838. The fraction of sp³-hybridized carbons (Fsp3) is 0.212. The van der Waals surface area contributed by atoms with Crippen LogP contribution < -0.4 is 4.90 Å². The highest BCUT2D eigenvalue weighted by atomic mass is 16.2. The summed E-state index contributed by atoms with van der Waals surface area (Å²) in [5, 5.41) is 5.06. The molecule has 5 aromatic rings. The number of hydrogen-bond donors (Lipinski definition) is 0. The molecule has 0 bridgehead atoms. The Labute approximate surface area is 240 Å². The summed E-state index contributed by atoms with van der Waals surface area (Å²) in [6.07, 6.45) is 1.82. The molecule has 0 radical (unpaired) electrons. The van der Waals surface area contributed by atoms with Crippen molar-refractivity contribution in [3.63, 3.8) is 0 Å². The maximum atomic E-state index is 13.1. The highest BCUT2D eigenvalue weighted by Gasteiger charge is 2.23. The predicted molar refractivity (Wildman–Crippen MR) is 163 cm³/mol. The first-order valence-electron chi connectivity index (χ1n) is 13.9. The van der Waals surface area contributed by atoms with Crippen LogP contribution in [0.25, 0.3) is 39.5 Å². The molecule has 41 heavy (non-hydrogen) atoms. The standard InChI is InChI=1S/C33H33N7O/c1-37-18-20-39(21-19-37)31(41)24-38(2)33-34-23-30(32(35-33)27-16-10-5-11-17-27)40-29(26-14-8-4-9-15-26)22-28(36-40)25-12-6-3-7-13-25/h3-17,22-23H,18-21,24H2,1-2H3. The predicted octanol–water partition coefficient (Wildman–Crippen LogP) is 4.87. The molecule has 0 saturated carbocycles. The van der Waals surface area contributed by atoms with Crippen molar-refractivity contribution in [1.82, 2.24) is 29.5 Å². The molecule has 8 heteroatoms. The van der Waals surface area contributed by atoms with E-state index >= 15 is 0 Å². The Morgan fingerprint density at radius 1 is 0.805 bits per heavy atom. The van der Waals surface area contributed by atoms with Gasteiger partial charge in [-0.15, -0.1) is 0 Å². The number of aromatic nitrogens is 4. The van der Waals surface area contributed by atoms with E-state index in [9.17, 15) is 4.79 Å². The number of amides is 1. The molecule has 0 N–H and O–H groups in total. The second kappa shape index (κ2) is 11.7. The third-order valence-electron chi connectivity index (χ3n) is 7.45. The van der Waals surface area contributed by atoms with Crippen molar-refractivity contribution >= 4 is 11.9 Å². The Morgan fingerprint density at radius 3 is 2.02 bits per heavy atom. The van der Waals surface area contributed by atoms with Gasteiger partial charge in [-0.1, -0.05) is 91.0 Å². The zero-order valence-corrected chi connectivity index (χ0v) is 23.4. The number of likely N-dealkylation sites (N-methyl/N-ethyl adjacent to an activating group) is 2. The fourth-order valence-corrected chi connectivity index (χ4v) is 5.07. The van der Waals surface area contributed by atoms with Gasteiger partial charge in [0.05, 0.1) is 24.1 Å². The quantitative estimate of drug-likeness (QED) is 0.292. The van der Waals surface area contributed by atoms with Crippen molar-refractivity contribution in [3.05, 3.63) is 103 Å². The summed E-state index contributed by atoms with van der Waals surface area (Å²) in [6.45, 7) is 3.47. The van der Waals surface area contributed by atoms with Gasteiger partial charge in [0, 0.05) is 49.9 Å². The van der Waals surface area contributed by atoms with Crippen molar-refractivity contribution in [1.29, 1.82) is 0 Å². The molecule has 0 atom stereocenters. The van der Waals surface area contributed by atoms with Crippen molar-refractivity contribution < 1.29 is 4.79 Å². The average molecular weight is 544 g/mol. The van der Waals surface area contributed by atoms with Crippen molar-refractivity contribution in [3.8, 4) is 39.5 Å². The number of carbonyl (C=O) groups is 1. The van der Waals surface area contributed by atoms with Gasteiger partial charge in [-0.3, -0.25) is 4.79 Å². The van der Waals surface area contributed by atoms with E-state index in [1.807, 2.05) is 94.5 Å². The molecule has 206 valence electrons. The Morgan fingerprint density at radius 2 is 1.39 bits per heavy atom. The van der Waals surface area contributed by atoms with Crippen LogP contribution >= 0.6 is 0 Å². The first-order valence-corrected chi connectivity index (χ1v) is 13.9. The number of anilines is 1. The van der Waals surface area contributed by atoms with Crippen LogP contribution in [0.2, 0.25) is 0 Å². The molecular weight excluding hydrogens is 510 g/mol. The van der Waals surface area contributed by atoms with E-state index < -0.39 is 0 Å². The molecule has 1 aliphatic rings. The van der Waals surface area contributed by atoms with Gasteiger partial charge in [0.2, 0.25) is 11.9 Å². The van der Waals surface area contributed by atoms with E-state index in [1.165, 1.54) is 0 Å². The molecule has 0 aliphatic carbocycles. The summed E-state index contributed by atoms with van der Waals surface area (Å²) in [7, 11) is 3.95.